The summed E-state index contributed by atoms with van der Waals surface area (Å²) in [6.07, 6.45) is 8.34. The summed E-state index contributed by atoms with van der Waals surface area (Å²) in [5.41, 5.74) is 4.00. The van der Waals surface area contributed by atoms with Gasteiger partial charge < -0.3 is 4.57 Å². The Hall–Kier alpha value is -1.61. The summed E-state index contributed by atoms with van der Waals surface area (Å²) in [6, 6.07) is 6.68. The van der Waals surface area contributed by atoms with Gasteiger partial charge in [0.1, 0.15) is 0 Å². The maximum absolute atomic E-state index is 4.09. The maximum Gasteiger partial charge on any atom is 0.0991 e. The summed E-state index contributed by atoms with van der Waals surface area (Å²) in [5, 5.41) is 0. The van der Waals surface area contributed by atoms with Gasteiger partial charge >= 0.3 is 0 Å². The lowest BCUT2D eigenvalue weighted by Gasteiger charge is -2.17. The van der Waals surface area contributed by atoms with Gasteiger partial charge in [-0.3, -0.25) is 4.90 Å². The molecule has 0 radical (unpaired) electrons. The van der Waals surface area contributed by atoms with Crippen molar-refractivity contribution in [3.05, 3.63) is 48.0 Å². The van der Waals surface area contributed by atoms with Crippen LogP contribution in [0.3, 0.4) is 0 Å². The van der Waals surface area contributed by atoms with Crippen LogP contribution in [0.2, 0.25) is 0 Å². The van der Waals surface area contributed by atoms with E-state index in [0.717, 1.165) is 6.54 Å². The molecule has 1 saturated heterocycles. The lowest BCUT2D eigenvalue weighted by atomic mass is 10.1. The zero-order chi connectivity index (χ0) is 12.4. The number of hydrogen-bond donors (Lipinski definition) is 0. The Morgan fingerprint density at radius 1 is 1.22 bits per heavy atom. The van der Waals surface area contributed by atoms with Gasteiger partial charge in [-0.15, -0.1) is 0 Å². The predicted octanol–water partition coefficient (Wildman–Crippen LogP) is 2.78. The van der Waals surface area contributed by atoms with Gasteiger partial charge in [-0.2, -0.15) is 0 Å². The van der Waals surface area contributed by atoms with Crippen LogP contribution in [-0.4, -0.2) is 27.5 Å². The monoisotopic (exact) mass is 241 g/mol. The minimum Gasteiger partial charge on any atom is -0.306 e. The number of benzene rings is 1. The van der Waals surface area contributed by atoms with Crippen LogP contribution in [0.15, 0.2) is 36.9 Å². The molecule has 0 atom stereocenters. The number of aromatic nitrogens is 2. The Kier molecular flexibility index (Phi) is 3.15. The summed E-state index contributed by atoms with van der Waals surface area (Å²) in [7, 11) is 0. The van der Waals surface area contributed by atoms with Crippen LogP contribution in [0, 0.1) is 6.92 Å². The quantitative estimate of drug-likeness (QED) is 0.824. The molecule has 1 aliphatic heterocycles. The van der Waals surface area contributed by atoms with Gasteiger partial charge in [0.05, 0.1) is 6.33 Å². The van der Waals surface area contributed by atoms with Crippen molar-refractivity contribution in [3.63, 3.8) is 0 Å². The third kappa shape index (κ3) is 2.31. The fourth-order valence-corrected chi connectivity index (χ4v) is 2.61. The topological polar surface area (TPSA) is 21.1 Å². The molecule has 1 aromatic heterocycles. The Bertz CT molecular complexity index is 511. The molecule has 94 valence electrons. The number of imidazole rings is 1. The van der Waals surface area contributed by atoms with Gasteiger partial charge in [-0.05, 0) is 56.1 Å². The molecule has 0 unspecified atom stereocenters. The van der Waals surface area contributed by atoms with Gasteiger partial charge in [0.15, 0.2) is 0 Å². The normalized spacial score (nSPS) is 16.3. The smallest absolute Gasteiger partial charge is 0.0991 e. The number of rotatable bonds is 3. The van der Waals surface area contributed by atoms with E-state index in [9.17, 15) is 0 Å². The first-order valence-corrected chi connectivity index (χ1v) is 6.63. The first-order valence-electron chi connectivity index (χ1n) is 6.63. The molecule has 0 saturated carbocycles. The molecule has 1 aromatic carbocycles. The standard InChI is InChI=1S/C15H19N3/c1-13-10-15(18-9-6-16-12-18)5-4-14(13)11-17-7-2-3-8-17/h4-6,9-10,12H,2-3,7-8,11H2,1H3. The summed E-state index contributed by atoms with van der Waals surface area (Å²) in [5.74, 6) is 0. The largest absolute Gasteiger partial charge is 0.306 e. The van der Waals surface area contributed by atoms with Crippen molar-refractivity contribution in [3.8, 4) is 5.69 Å². The molecule has 0 aliphatic carbocycles. The Labute approximate surface area is 108 Å². The molecule has 0 spiro atoms. The van der Waals surface area contributed by atoms with Gasteiger partial charge in [0, 0.05) is 24.6 Å². The minimum atomic E-state index is 1.09. The second-order valence-electron chi connectivity index (χ2n) is 5.06. The van der Waals surface area contributed by atoms with Crippen molar-refractivity contribution < 1.29 is 0 Å². The van der Waals surface area contributed by atoms with E-state index in [0.29, 0.717) is 0 Å². The van der Waals surface area contributed by atoms with Crippen LogP contribution < -0.4 is 0 Å². The number of likely N-dealkylation sites (tertiary alicyclic amines) is 1. The summed E-state index contributed by atoms with van der Waals surface area (Å²) in [6.45, 7) is 5.80. The lowest BCUT2D eigenvalue weighted by Crippen LogP contribution is -2.19. The van der Waals surface area contributed by atoms with E-state index < -0.39 is 0 Å². The molecule has 2 heterocycles. The SMILES string of the molecule is Cc1cc(-n2ccnc2)ccc1CN1CCCC1. The van der Waals surface area contributed by atoms with Gasteiger partial charge in [-0.1, -0.05) is 6.07 Å². The van der Waals surface area contributed by atoms with Crippen molar-refractivity contribution in [2.75, 3.05) is 13.1 Å². The van der Waals surface area contributed by atoms with Crippen molar-refractivity contribution in [2.24, 2.45) is 0 Å². The molecule has 0 amide bonds. The molecule has 1 fully saturated rings. The molecule has 3 nitrogen and oxygen atoms in total. The van der Waals surface area contributed by atoms with Crippen molar-refractivity contribution in [1.29, 1.82) is 0 Å². The number of nitrogens with zero attached hydrogens (tertiary/aromatic N) is 3. The average Bonchev–Trinajstić information content (AvgIpc) is 3.04. The van der Waals surface area contributed by atoms with Crippen molar-refractivity contribution in [1.82, 2.24) is 14.5 Å². The molecule has 0 bridgehead atoms. The van der Waals surface area contributed by atoms with E-state index in [2.05, 4.69) is 35.0 Å². The second-order valence-corrected chi connectivity index (χ2v) is 5.06. The third-order valence-electron chi connectivity index (χ3n) is 3.72. The minimum absolute atomic E-state index is 1.09. The molecular weight excluding hydrogens is 222 g/mol. The van der Waals surface area contributed by atoms with Crippen LogP contribution in [0.25, 0.3) is 5.69 Å². The second kappa shape index (κ2) is 4.94. The number of aryl methyl sites for hydroxylation is 1. The van der Waals surface area contributed by atoms with Crippen molar-refractivity contribution >= 4 is 0 Å². The molecule has 0 N–H and O–H groups in total. The fourth-order valence-electron chi connectivity index (χ4n) is 2.61. The van der Waals surface area contributed by atoms with E-state index in [1.54, 1.807) is 0 Å². The molecule has 2 aromatic rings. The molecule has 3 heteroatoms. The summed E-state index contributed by atoms with van der Waals surface area (Å²) in [4.78, 5) is 6.63. The highest BCUT2D eigenvalue weighted by Gasteiger charge is 2.12. The highest BCUT2D eigenvalue weighted by atomic mass is 15.1. The van der Waals surface area contributed by atoms with Gasteiger partial charge in [0.25, 0.3) is 0 Å². The summed E-state index contributed by atoms with van der Waals surface area (Å²) < 4.78 is 2.05. The van der Waals surface area contributed by atoms with Crippen LogP contribution >= 0.6 is 0 Å². The van der Waals surface area contributed by atoms with E-state index in [-0.39, 0.29) is 0 Å². The van der Waals surface area contributed by atoms with Crippen LogP contribution in [0.5, 0.6) is 0 Å². The molecule has 1 aliphatic rings. The maximum atomic E-state index is 4.09. The zero-order valence-electron chi connectivity index (χ0n) is 10.8. The Morgan fingerprint density at radius 3 is 2.72 bits per heavy atom. The number of hydrogen-bond acceptors (Lipinski definition) is 2. The highest BCUT2D eigenvalue weighted by molar-refractivity contribution is 5.40. The highest BCUT2D eigenvalue weighted by Crippen LogP contribution is 2.18. The van der Waals surface area contributed by atoms with Crippen LogP contribution in [0.1, 0.15) is 24.0 Å². The van der Waals surface area contributed by atoms with Crippen LogP contribution in [-0.2, 0) is 6.54 Å². The summed E-state index contributed by atoms with van der Waals surface area (Å²) >= 11 is 0. The average molecular weight is 241 g/mol. The first kappa shape index (κ1) is 11.5. The van der Waals surface area contributed by atoms with Gasteiger partial charge in [-0.25, -0.2) is 4.98 Å². The molecule has 3 rings (SSSR count). The molecular formula is C15H19N3. The fraction of sp³-hybridized carbons (Fsp3) is 0.400. The lowest BCUT2D eigenvalue weighted by molar-refractivity contribution is 0.331. The first-order chi connectivity index (χ1) is 8.83. The predicted molar refractivity (Wildman–Crippen MR) is 72.8 cm³/mol. The van der Waals surface area contributed by atoms with Crippen LogP contribution in [0.4, 0.5) is 0 Å². The van der Waals surface area contributed by atoms with E-state index in [1.807, 2.05) is 23.3 Å². The zero-order valence-corrected chi connectivity index (χ0v) is 10.8. The Balaban J connectivity index is 1.80. The third-order valence-corrected chi connectivity index (χ3v) is 3.72. The van der Waals surface area contributed by atoms with Gasteiger partial charge in [0.2, 0.25) is 0 Å². The van der Waals surface area contributed by atoms with E-state index in [1.165, 1.54) is 42.7 Å². The van der Waals surface area contributed by atoms with E-state index in [4.69, 9.17) is 0 Å². The van der Waals surface area contributed by atoms with E-state index >= 15 is 0 Å². The van der Waals surface area contributed by atoms with Crippen molar-refractivity contribution in [2.45, 2.75) is 26.3 Å². The molecule has 18 heavy (non-hydrogen) atoms. The Morgan fingerprint density at radius 2 is 2.06 bits per heavy atom.